The van der Waals surface area contributed by atoms with Crippen LogP contribution in [0.3, 0.4) is 0 Å². The summed E-state index contributed by atoms with van der Waals surface area (Å²) in [6.45, 7) is 0. The van der Waals surface area contributed by atoms with Crippen LogP contribution < -0.4 is 0 Å². The maximum atomic E-state index is 8.36. The zero-order valence-electron chi connectivity index (χ0n) is 4.88. The maximum Gasteiger partial charge on any atom is 1.00 e. The smallest absolute Gasteiger partial charge is 0.569 e. The second-order valence-corrected chi connectivity index (χ2v) is 0.476. The molecule has 72 valence electrons. The molecule has 9 nitrogen and oxygen atoms in total. The average molecular weight is 221 g/mol. The summed E-state index contributed by atoms with van der Waals surface area (Å²) in [6.07, 6.45) is 0. The van der Waals surface area contributed by atoms with Crippen LogP contribution in [0, 0.1) is 27.3 Å². The predicted octanol–water partition coefficient (Wildman–Crippen LogP) is -0.547. The van der Waals surface area contributed by atoms with Crippen molar-refractivity contribution < 1.29 is 42.8 Å². The van der Waals surface area contributed by atoms with Crippen molar-refractivity contribution in [2.75, 3.05) is 0 Å². The van der Waals surface area contributed by atoms with Crippen LogP contribution in [0.2, 0.25) is 0 Å². The van der Waals surface area contributed by atoms with Crippen LogP contribution in [0.4, 0.5) is 0 Å². The third kappa shape index (κ3) is 335. The van der Waals surface area contributed by atoms with Crippen molar-refractivity contribution in [2.24, 2.45) is 0 Å². The molecule has 0 aliphatic rings. The van der Waals surface area contributed by atoms with E-state index in [4.69, 9.17) is 35.7 Å². The molecule has 0 saturated carbocycles. The Labute approximate surface area is 70.9 Å². The van der Waals surface area contributed by atoms with Crippen molar-refractivity contribution in [3.63, 3.8) is 0 Å². The van der Waals surface area contributed by atoms with Crippen LogP contribution in [-0.4, -0.2) is 25.7 Å². The summed E-state index contributed by atoms with van der Waals surface area (Å²) in [6, 6.07) is 0. The van der Waals surface area contributed by atoms with E-state index < -0.39 is 10.2 Å². The number of rotatable bonds is 0. The molecule has 3 N–H and O–H groups in total. The number of hydrogen-bond donors (Lipinski definition) is 3. The van der Waals surface area contributed by atoms with Gasteiger partial charge < -0.3 is 15.5 Å². The Morgan fingerprint density at radius 3 is 1.00 bits per heavy atom. The first-order valence-corrected chi connectivity index (χ1v) is 1.45. The molecule has 0 rings (SSSR count). The second kappa shape index (κ2) is 23.2. The molecule has 0 radical (unpaired) electrons. The van der Waals surface area contributed by atoms with Gasteiger partial charge in [0.05, 0.1) is 0 Å². The molecule has 0 atom stereocenters. The molecule has 0 fully saturated rings. The van der Waals surface area contributed by atoms with Gasteiger partial charge in [-0.15, -0.1) is 20.2 Å². The van der Waals surface area contributed by atoms with E-state index in [0.29, 0.717) is 0 Å². The molecule has 0 aromatic heterocycles. The summed E-state index contributed by atoms with van der Waals surface area (Å²) in [4.78, 5) is 16.7. The molecule has 0 spiro atoms. The van der Waals surface area contributed by atoms with E-state index in [1.165, 1.54) is 0 Å². The van der Waals surface area contributed by atoms with E-state index in [2.05, 4.69) is 7.11 Å². The van der Waals surface area contributed by atoms with Crippen LogP contribution >= 0.6 is 0 Å². The van der Waals surface area contributed by atoms with Gasteiger partial charge in [-0.05, 0) is 0 Å². The van der Waals surface area contributed by atoms with Gasteiger partial charge in [0, 0.05) is 0 Å². The fourth-order valence-electron chi connectivity index (χ4n) is 0. The molecule has 0 bridgehead atoms. The quantitative estimate of drug-likeness (QED) is 0.215. The minimum absolute atomic E-state index is 0. The summed E-state index contributed by atoms with van der Waals surface area (Å²) in [7, 11) is 2.25. The molecular weight excluding hydrogens is 216 g/mol. The minimum Gasteiger partial charge on any atom is -0.569 e. The Kier molecular flexibility index (Phi) is 47.4. The normalized spacial score (nSPS) is 4.91. The number of aliphatic hydroxyl groups excluding tert-OH is 1. The van der Waals surface area contributed by atoms with Crippen LogP contribution in [0.1, 0.15) is 0 Å². The van der Waals surface area contributed by atoms with Crippen LogP contribution in [0.25, 0.3) is 0 Å². The summed E-state index contributed by atoms with van der Waals surface area (Å²) < 4.78 is 0. The number of hydrogen-bond acceptors (Lipinski definition) is 5. The predicted molar refractivity (Wildman–Crippen MR) is 24.9 cm³/mol. The summed E-state index contributed by atoms with van der Waals surface area (Å²) >= 11 is 0. The van der Waals surface area contributed by atoms with Crippen molar-refractivity contribution >= 4 is 0 Å². The van der Waals surface area contributed by atoms with Gasteiger partial charge in [0.2, 0.25) is 0 Å². The van der Waals surface area contributed by atoms with Gasteiger partial charge in [-0.2, -0.15) is 0 Å². The zero-order valence-corrected chi connectivity index (χ0v) is 5.82. The first-order chi connectivity index (χ1) is 4.46. The molecule has 0 heterocycles. The third-order valence-electron chi connectivity index (χ3n) is 0. The molecule has 10 heteroatoms. The van der Waals surface area contributed by atoms with Crippen molar-refractivity contribution in [1.82, 2.24) is 0 Å². The Balaban J connectivity index is -0.0000000339. The topological polar surface area (TPSA) is 147 Å². The standard InChI is InChI=1S/CH3O.Cu.2HNO3/c1-2;;2*2-1(3)4/h2H,1H2;;2*(H,2,3,4)/q-1;+1;;. The van der Waals surface area contributed by atoms with Gasteiger partial charge in [0.25, 0.3) is 10.2 Å². The van der Waals surface area contributed by atoms with E-state index in [0.717, 1.165) is 0 Å². The van der Waals surface area contributed by atoms with Crippen molar-refractivity contribution in [1.29, 1.82) is 0 Å². The molecule has 0 saturated heterocycles. The molecule has 0 aliphatic heterocycles. The molecule has 0 aliphatic carbocycles. The summed E-state index contributed by atoms with van der Waals surface area (Å²) in [5, 5.41) is 34.0. The van der Waals surface area contributed by atoms with E-state index in [1.807, 2.05) is 0 Å². The van der Waals surface area contributed by atoms with E-state index in [1.54, 1.807) is 0 Å². The molecule has 11 heavy (non-hydrogen) atoms. The monoisotopic (exact) mass is 220 g/mol. The Morgan fingerprint density at radius 2 is 1.00 bits per heavy atom. The minimum atomic E-state index is -1.50. The van der Waals surface area contributed by atoms with Gasteiger partial charge in [-0.25, -0.2) is 7.11 Å². The summed E-state index contributed by atoms with van der Waals surface area (Å²) in [5.41, 5.74) is 0. The Hall–Kier alpha value is -1.12. The summed E-state index contributed by atoms with van der Waals surface area (Å²) in [5.74, 6) is 0. The van der Waals surface area contributed by atoms with Crippen LogP contribution in [0.15, 0.2) is 0 Å². The Morgan fingerprint density at radius 1 is 1.00 bits per heavy atom. The molecule has 0 aromatic carbocycles. The molecular formula is CH5CuN2O7. The fraction of sp³-hybridized carbons (Fsp3) is 0. The first kappa shape index (κ1) is 22.5. The van der Waals surface area contributed by atoms with Gasteiger partial charge in [-0.1, -0.05) is 0 Å². The van der Waals surface area contributed by atoms with E-state index >= 15 is 0 Å². The second-order valence-electron chi connectivity index (χ2n) is 0.476. The first-order valence-electron chi connectivity index (χ1n) is 1.45. The van der Waals surface area contributed by atoms with Gasteiger partial charge >= 0.3 is 17.1 Å². The third-order valence-corrected chi connectivity index (χ3v) is 0. The van der Waals surface area contributed by atoms with Crippen molar-refractivity contribution in [3.8, 4) is 0 Å². The van der Waals surface area contributed by atoms with Crippen LogP contribution in [0.5, 0.6) is 0 Å². The van der Waals surface area contributed by atoms with E-state index in [-0.39, 0.29) is 17.1 Å². The van der Waals surface area contributed by atoms with Crippen molar-refractivity contribution in [2.45, 2.75) is 0 Å². The largest absolute Gasteiger partial charge is 1.00 e. The zero-order chi connectivity index (χ0) is 9.15. The number of nitrogens with zero attached hydrogens (tertiary/aromatic N) is 2. The van der Waals surface area contributed by atoms with Gasteiger partial charge in [-0.3, -0.25) is 0 Å². The SMILES string of the molecule is O=[N+]([O-])O.O=[N+]([O-])O.[CH2-]O.[Cu+]. The van der Waals surface area contributed by atoms with E-state index in [9.17, 15) is 0 Å². The van der Waals surface area contributed by atoms with Gasteiger partial charge in [0.1, 0.15) is 0 Å². The van der Waals surface area contributed by atoms with Crippen molar-refractivity contribution in [3.05, 3.63) is 27.3 Å². The van der Waals surface area contributed by atoms with Gasteiger partial charge in [0.15, 0.2) is 0 Å². The molecule has 0 aromatic rings. The molecule has 0 amide bonds. The average Bonchev–Trinajstić information content (AvgIpc) is 1.66. The fourth-order valence-corrected chi connectivity index (χ4v) is 0. The molecule has 0 unspecified atom stereocenters. The number of aliphatic hydroxyl groups is 1. The van der Waals surface area contributed by atoms with Crippen LogP contribution in [-0.2, 0) is 17.1 Å². The maximum absolute atomic E-state index is 8.36. The Bertz CT molecular complexity index is 74.4.